The predicted octanol–water partition coefficient (Wildman–Crippen LogP) is 2.91. The number of aromatic hydroxyl groups is 1. The molecule has 0 bridgehead atoms. The van der Waals surface area contributed by atoms with E-state index in [4.69, 9.17) is 14.7 Å². The summed E-state index contributed by atoms with van der Waals surface area (Å²) in [6.45, 7) is 1.93. The number of unbranched alkanes of at least 4 members (excludes halogenated alkanes) is 1. The summed E-state index contributed by atoms with van der Waals surface area (Å²) >= 11 is 0. The van der Waals surface area contributed by atoms with Crippen molar-refractivity contribution in [3.8, 4) is 22.9 Å². The Kier molecular flexibility index (Phi) is 11.0. The average molecular weight is 612 g/mol. The number of aromatic nitrogens is 3. The van der Waals surface area contributed by atoms with Gasteiger partial charge in [0.1, 0.15) is 11.8 Å². The Hall–Kier alpha value is -3.28. The van der Waals surface area contributed by atoms with Crippen molar-refractivity contribution in [3.05, 3.63) is 113 Å². The molecule has 0 radical (unpaired) electrons. The molecule has 5 rings (SSSR count). The van der Waals surface area contributed by atoms with Gasteiger partial charge in [-0.3, -0.25) is 4.40 Å². The molecular formula is C32H31FN3NaO5S. The molecule has 1 atom stereocenters. The Balaban J connectivity index is 0.00000423. The minimum atomic E-state index is -4.54. The number of fused-ring (bicyclic) bond motifs is 1. The SMILES string of the molecule is CCCCC(CS(=O)(=O)[O-])Oc1ccc(Cc2nc3c(Cc4ccccc4)nc(-c4ccccc4)cn3c2O)cc1F.[Na+]. The first-order valence-electron chi connectivity index (χ1n) is 13.8. The molecule has 0 amide bonds. The van der Waals surface area contributed by atoms with Gasteiger partial charge in [-0.1, -0.05) is 86.5 Å². The Morgan fingerprint density at radius 3 is 2.28 bits per heavy atom. The molecule has 2 aromatic heterocycles. The summed E-state index contributed by atoms with van der Waals surface area (Å²) in [5, 5.41) is 11.2. The van der Waals surface area contributed by atoms with E-state index in [1.54, 1.807) is 16.7 Å². The summed E-state index contributed by atoms with van der Waals surface area (Å²) in [6, 6.07) is 23.8. The van der Waals surface area contributed by atoms with E-state index in [2.05, 4.69) is 0 Å². The molecule has 0 saturated heterocycles. The molecule has 2 heterocycles. The number of ether oxygens (including phenoxy) is 1. The average Bonchev–Trinajstić information content (AvgIpc) is 3.28. The Labute approximate surface area is 272 Å². The maximum Gasteiger partial charge on any atom is 1.00 e. The van der Waals surface area contributed by atoms with Gasteiger partial charge in [-0.2, -0.15) is 0 Å². The fourth-order valence-corrected chi connectivity index (χ4v) is 5.57. The largest absolute Gasteiger partial charge is 1.00 e. The van der Waals surface area contributed by atoms with Crippen molar-refractivity contribution < 1.29 is 56.8 Å². The van der Waals surface area contributed by atoms with Gasteiger partial charge < -0.3 is 14.4 Å². The van der Waals surface area contributed by atoms with Gasteiger partial charge in [0, 0.05) is 24.6 Å². The molecule has 0 aliphatic heterocycles. The molecule has 1 N–H and O–H groups in total. The molecule has 1 unspecified atom stereocenters. The van der Waals surface area contributed by atoms with Gasteiger partial charge in [-0.05, 0) is 29.7 Å². The van der Waals surface area contributed by atoms with Crippen molar-refractivity contribution in [3.63, 3.8) is 0 Å². The van der Waals surface area contributed by atoms with Crippen LogP contribution in [-0.2, 0) is 23.0 Å². The summed E-state index contributed by atoms with van der Waals surface area (Å²) in [5.74, 6) is -1.63. The van der Waals surface area contributed by atoms with E-state index in [1.165, 1.54) is 12.1 Å². The smallest absolute Gasteiger partial charge is 0.748 e. The third-order valence-corrected chi connectivity index (χ3v) is 7.72. The van der Waals surface area contributed by atoms with Crippen LogP contribution in [-0.4, -0.2) is 44.3 Å². The van der Waals surface area contributed by atoms with Crippen LogP contribution in [0, 0.1) is 5.82 Å². The molecule has 11 heteroatoms. The zero-order valence-electron chi connectivity index (χ0n) is 24.1. The van der Waals surface area contributed by atoms with E-state index < -0.39 is 27.8 Å². The van der Waals surface area contributed by atoms with Crippen LogP contribution in [0.5, 0.6) is 11.6 Å². The molecule has 5 aromatic rings. The maximum absolute atomic E-state index is 15.1. The molecule has 0 saturated carbocycles. The summed E-state index contributed by atoms with van der Waals surface area (Å²) in [5.41, 5.74) is 4.68. The molecule has 8 nitrogen and oxygen atoms in total. The normalized spacial score (nSPS) is 12.2. The van der Waals surface area contributed by atoms with Crippen LogP contribution in [0.25, 0.3) is 16.9 Å². The zero-order chi connectivity index (χ0) is 29.7. The van der Waals surface area contributed by atoms with Crippen LogP contribution >= 0.6 is 0 Å². The van der Waals surface area contributed by atoms with E-state index >= 15 is 4.39 Å². The van der Waals surface area contributed by atoms with Crippen molar-refractivity contribution in [1.82, 2.24) is 14.4 Å². The maximum atomic E-state index is 15.1. The third kappa shape index (κ3) is 8.43. The van der Waals surface area contributed by atoms with Crippen molar-refractivity contribution in [2.75, 3.05) is 5.75 Å². The Morgan fingerprint density at radius 2 is 1.63 bits per heavy atom. The third-order valence-electron chi connectivity index (χ3n) is 6.94. The topological polar surface area (TPSA) is 117 Å². The van der Waals surface area contributed by atoms with Crippen LogP contribution in [0.2, 0.25) is 0 Å². The Morgan fingerprint density at radius 1 is 0.953 bits per heavy atom. The quantitative estimate of drug-likeness (QED) is 0.170. The fraction of sp³-hybridized carbons (Fsp3) is 0.250. The van der Waals surface area contributed by atoms with E-state index in [0.717, 1.165) is 17.5 Å². The summed E-state index contributed by atoms with van der Waals surface area (Å²) in [4.78, 5) is 9.60. The second-order valence-corrected chi connectivity index (χ2v) is 11.7. The van der Waals surface area contributed by atoms with Gasteiger partial charge in [0.2, 0.25) is 5.88 Å². The minimum Gasteiger partial charge on any atom is -0.748 e. The number of hydrogen-bond donors (Lipinski definition) is 1. The molecule has 3 aromatic carbocycles. The van der Waals surface area contributed by atoms with Gasteiger partial charge in [0.15, 0.2) is 17.2 Å². The van der Waals surface area contributed by atoms with Gasteiger partial charge in [-0.25, -0.2) is 22.8 Å². The van der Waals surface area contributed by atoms with Gasteiger partial charge in [0.05, 0.1) is 27.3 Å². The molecule has 218 valence electrons. The standard InChI is InChI=1S/C32H32FN3O5S.Na/c1-2-3-14-25(21-42(38,39)40)41-30-16-15-23(17-26(30)33)19-28-32(37)36-20-29(24-12-8-5-9-13-24)34-27(31(36)35-28)18-22-10-6-4-7-11-22;/h4-13,15-17,20,25,37H,2-3,14,18-19,21H2,1H3,(H,38,39,40);/q;+1/p-1. The first-order valence-corrected chi connectivity index (χ1v) is 15.4. The predicted molar refractivity (Wildman–Crippen MR) is 157 cm³/mol. The van der Waals surface area contributed by atoms with Crippen molar-refractivity contribution >= 4 is 15.8 Å². The van der Waals surface area contributed by atoms with Crippen LogP contribution in [0.15, 0.2) is 85.1 Å². The van der Waals surface area contributed by atoms with E-state index in [-0.39, 0.29) is 47.6 Å². The number of hydrogen-bond acceptors (Lipinski definition) is 7. The van der Waals surface area contributed by atoms with Crippen LogP contribution in [0.3, 0.4) is 0 Å². The second kappa shape index (κ2) is 14.5. The summed E-state index contributed by atoms with van der Waals surface area (Å²) < 4.78 is 56.2. The van der Waals surface area contributed by atoms with Gasteiger partial charge in [0.25, 0.3) is 0 Å². The number of imidazole rings is 1. The summed E-state index contributed by atoms with van der Waals surface area (Å²) in [7, 11) is -4.54. The number of halogens is 1. The monoisotopic (exact) mass is 611 g/mol. The molecule has 0 aliphatic carbocycles. The molecule has 0 aliphatic rings. The second-order valence-electron chi connectivity index (χ2n) is 10.2. The summed E-state index contributed by atoms with van der Waals surface area (Å²) in [6.07, 6.45) is 3.16. The first kappa shape index (κ1) is 32.6. The zero-order valence-corrected chi connectivity index (χ0v) is 26.9. The van der Waals surface area contributed by atoms with E-state index in [9.17, 15) is 18.1 Å². The van der Waals surface area contributed by atoms with Crippen LogP contribution < -0.4 is 34.3 Å². The number of rotatable bonds is 12. The first-order chi connectivity index (χ1) is 20.2. The van der Waals surface area contributed by atoms with Crippen LogP contribution in [0.1, 0.15) is 48.7 Å². The molecule has 0 fully saturated rings. The number of benzene rings is 3. The molecule has 43 heavy (non-hydrogen) atoms. The number of nitrogens with zero attached hydrogens (tertiary/aromatic N) is 3. The van der Waals surface area contributed by atoms with E-state index in [1.807, 2.05) is 67.6 Å². The van der Waals surface area contributed by atoms with Crippen molar-refractivity contribution in [2.24, 2.45) is 0 Å². The van der Waals surface area contributed by atoms with Crippen LogP contribution in [0.4, 0.5) is 4.39 Å². The molecular weight excluding hydrogens is 580 g/mol. The van der Waals surface area contributed by atoms with Crippen molar-refractivity contribution in [2.45, 2.75) is 45.1 Å². The molecule has 0 spiro atoms. The fourth-order valence-electron chi connectivity index (χ4n) is 4.88. The van der Waals surface area contributed by atoms with Crippen molar-refractivity contribution in [1.29, 1.82) is 0 Å². The minimum absolute atomic E-state index is 0. The van der Waals surface area contributed by atoms with Gasteiger partial charge >= 0.3 is 29.6 Å². The van der Waals surface area contributed by atoms with E-state index in [0.29, 0.717) is 47.6 Å². The Bertz CT molecular complexity index is 1780. The van der Waals surface area contributed by atoms with Gasteiger partial charge in [-0.15, -0.1) is 0 Å².